The van der Waals surface area contributed by atoms with Gasteiger partial charge in [-0.05, 0) is 31.4 Å². The number of ether oxygens (including phenoxy) is 1. The second kappa shape index (κ2) is 6.45. The standard InChI is InChI=1S/C14H18N2O3/c15-11(9-10-5-2-1-3-6-10)13(17)19-14(18)12-7-4-8-16-12/h1-3,5-6,11-12,16H,4,7-9,15H2/t11?,12-/m0/s1. The van der Waals surface area contributed by atoms with Gasteiger partial charge in [0.05, 0.1) is 0 Å². The van der Waals surface area contributed by atoms with Crippen molar-refractivity contribution >= 4 is 11.9 Å². The first kappa shape index (κ1) is 13.7. The summed E-state index contributed by atoms with van der Waals surface area (Å²) in [6, 6.07) is 8.23. The van der Waals surface area contributed by atoms with Crippen molar-refractivity contribution in [3.63, 3.8) is 0 Å². The number of hydrogen-bond donors (Lipinski definition) is 2. The molecule has 0 bridgehead atoms. The Morgan fingerprint density at radius 2 is 2.11 bits per heavy atom. The number of benzene rings is 1. The molecule has 2 atom stereocenters. The van der Waals surface area contributed by atoms with Crippen molar-refractivity contribution in [1.82, 2.24) is 5.32 Å². The van der Waals surface area contributed by atoms with E-state index in [1.807, 2.05) is 30.3 Å². The molecule has 3 N–H and O–H groups in total. The minimum Gasteiger partial charge on any atom is -0.391 e. The van der Waals surface area contributed by atoms with Crippen LogP contribution in [0.15, 0.2) is 30.3 Å². The van der Waals surface area contributed by atoms with Gasteiger partial charge in [-0.1, -0.05) is 30.3 Å². The van der Waals surface area contributed by atoms with E-state index in [9.17, 15) is 9.59 Å². The number of carbonyl (C=O) groups is 2. The van der Waals surface area contributed by atoms with Crippen LogP contribution in [0.25, 0.3) is 0 Å². The molecular formula is C14H18N2O3. The summed E-state index contributed by atoms with van der Waals surface area (Å²) in [5.41, 5.74) is 6.69. The number of esters is 2. The highest BCUT2D eigenvalue weighted by molar-refractivity contribution is 5.91. The molecule has 5 nitrogen and oxygen atoms in total. The molecule has 19 heavy (non-hydrogen) atoms. The molecule has 2 rings (SSSR count). The van der Waals surface area contributed by atoms with Crippen LogP contribution in [0.4, 0.5) is 0 Å². The lowest BCUT2D eigenvalue weighted by molar-refractivity contribution is -0.161. The SMILES string of the molecule is NC(Cc1ccccc1)C(=O)OC(=O)[C@@H]1CCCN1. The van der Waals surface area contributed by atoms with Crippen LogP contribution in [0.5, 0.6) is 0 Å². The van der Waals surface area contributed by atoms with Gasteiger partial charge < -0.3 is 15.8 Å². The van der Waals surface area contributed by atoms with Crippen LogP contribution in [-0.4, -0.2) is 30.6 Å². The first-order valence-electron chi connectivity index (χ1n) is 6.45. The molecule has 1 aliphatic heterocycles. The Bertz CT molecular complexity index is 441. The molecule has 1 aromatic rings. The highest BCUT2D eigenvalue weighted by atomic mass is 16.6. The van der Waals surface area contributed by atoms with E-state index < -0.39 is 18.0 Å². The summed E-state index contributed by atoms with van der Waals surface area (Å²) in [4.78, 5) is 23.4. The molecule has 1 saturated heterocycles. The van der Waals surface area contributed by atoms with E-state index in [2.05, 4.69) is 5.32 Å². The summed E-state index contributed by atoms with van der Waals surface area (Å²) in [7, 11) is 0. The minimum absolute atomic E-state index is 0.366. The van der Waals surface area contributed by atoms with Crippen LogP contribution in [0.3, 0.4) is 0 Å². The number of hydrogen-bond acceptors (Lipinski definition) is 5. The van der Waals surface area contributed by atoms with Crippen molar-refractivity contribution in [3.8, 4) is 0 Å². The first-order chi connectivity index (χ1) is 9.16. The van der Waals surface area contributed by atoms with Crippen molar-refractivity contribution in [2.75, 3.05) is 6.54 Å². The summed E-state index contributed by atoms with van der Waals surface area (Å²) in [6.07, 6.45) is 2.00. The minimum atomic E-state index is -0.812. The molecule has 5 heteroatoms. The molecule has 0 aliphatic carbocycles. The molecule has 1 aliphatic rings. The largest absolute Gasteiger partial charge is 0.391 e. The van der Waals surface area contributed by atoms with Crippen LogP contribution in [-0.2, 0) is 20.7 Å². The maximum Gasteiger partial charge on any atom is 0.330 e. The molecule has 1 unspecified atom stereocenters. The number of nitrogens with one attached hydrogen (secondary N) is 1. The maximum atomic E-state index is 11.7. The summed E-state index contributed by atoms with van der Waals surface area (Å²) < 4.78 is 4.80. The molecule has 102 valence electrons. The number of rotatable bonds is 4. The summed E-state index contributed by atoms with van der Waals surface area (Å²) >= 11 is 0. The summed E-state index contributed by atoms with van der Waals surface area (Å²) in [5, 5.41) is 2.98. The highest BCUT2D eigenvalue weighted by Crippen LogP contribution is 2.08. The van der Waals surface area contributed by atoms with E-state index in [0.717, 1.165) is 18.5 Å². The van der Waals surface area contributed by atoms with Gasteiger partial charge in [0.15, 0.2) is 0 Å². The molecule has 0 spiro atoms. The summed E-state index contributed by atoms with van der Waals surface area (Å²) in [6.45, 7) is 0.782. The van der Waals surface area contributed by atoms with Crippen LogP contribution in [0, 0.1) is 0 Å². The Morgan fingerprint density at radius 3 is 2.74 bits per heavy atom. The second-order valence-electron chi connectivity index (χ2n) is 4.69. The smallest absolute Gasteiger partial charge is 0.330 e. The van der Waals surface area contributed by atoms with Gasteiger partial charge in [-0.25, -0.2) is 9.59 Å². The van der Waals surface area contributed by atoms with E-state index in [1.165, 1.54) is 0 Å². The number of carbonyl (C=O) groups excluding carboxylic acids is 2. The Hall–Kier alpha value is -1.72. The molecular weight excluding hydrogens is 244 g/mol. The third kappa shape index (κ3) is 3.87. The molecule has 0 saturated carbocycles. The topological polar surface area (TPSA) is 81.4 Å². The van der Waals surface area contributed by atoms with E-state index in [-0.39, 0.29) is 6.04 Å². The van der Waals surface area contributed by atoms with Crippen molar-refractivity contribution in [2.24, 2.45) is 5.73 Å². The van der Waals surface area contributed by atoms with Gasteiger partial charge >= 0.3 is 11.9 Å². The Kier molecular flexibility index (Phi) is 4.65. The second-order valence-corrected chi connectivity index (χ2v) is 4.69. The normalized spacial score (nSPS) is 19.9. The zero-order valence-electron chi connectivity index (χ0n) is 10.7. The van der Waals surface area contributed by atoms with Gasteiger partial charge in [0.25, 0.3) is 0 Å². The van der Waals surface area contributed by atoms with Gasteiger partial charge in [-0.15, -0.1) is 0 Å². The van der Waals surface area contributed by atoms with Crippen LogP contribution >= 0.6 is 0 Å². The first-order valence-corrected chi connectivity index (χ1v) is 6.45. The van der Waals surface area contributed by atoms with Crippen LogP contribution < -0.4 is 11.1 Å². The van der Waals surface area contributed by atoms with Crippen LogP contribution in [0.2, 0.25) is 0 Å². The summed E-state index contributed by atoms with van der Waals surface area (Å²) in [5.74, 6) is -1.19. The van der Waals surface area contributed by atoms with Crippen molar-refractivity contribution in [3.05, 3.63) is 35.9 Å². The molecule has 1 aromatic carbocycles. The van der Waals surface area contributed by atoms with E-state index in [4.69, 9.17) is 10.5 Å². The molecule has 1 heterocycles. The zero-order valence-corrected chi connectivity index (χ0v) is 10.7. The molecule has 0 radical (unpaired) electrons. The van der Waals surface area contributed by atoms with Crippen LogP contribution in [0.1, 0.15) is 18.4 Å². The molecule has 0 amide bonds. The monoisotopic (exact) mass is 262 g/mol. The van der Waals surface area contributed by atoms with Gasteiger partial charge in [-0.3, -0.25) is 0 Å². The average molecular weight is 262 g/mol. The molecule has 1 fully saturated rings. The van der Waals surface area contributed by atoms with E-state index >= 15 is 0 Å². The van der Waals surface area contributed by atoms with Gasteiger partial charge in [0.1, 0.15) is 12.1 Å². The van der Waals surface area contributed by atoms with Crippen molar-refractivity contribution in [2.45, 2.75) is 31.3 Å². The fraction of sp³-hybridized carbons (Fsp3) is 0.429. The Labute approximate surface area is 112 Å². The fourth-order valence-electron chi connectivity index (χ4n) is 2.08. The lowest BCUT2D eigenvalue weighted by Crippen LogP contribution is -2.40. The van der Waals surface area contributed by atoms with E-state index in [1.54, 1.807) is 0 Å². The predicted octanol–water partition coefficient (Wildman–Crippen LogP) is 0.378. The van der Waals surface area contributed by atoms with Crippen molar-refractivity contribution in [1.29, 1.82) is 0 Å². The lowest BCUT2D eigenvalue weighted by Gasteiger charge is -2.13. The third-order valence-corrected chi connectivity index (χ3v) is 3.15. The van der Waals surface area contributed by atoms with Gasteiger partial charge in [-0.2, -0.15) is 0 Å². The van der Waals surface area contributed by atoms with Crippen molar-refractivity contribution < 1.29 is 14.3 Å². The maximum absolute atomic E-state index is 11.7. The van der Waals surface area contributed by atoms with Gasteiger partial charge in [0, 0.05) is 0 Å². The third-order valence-electron chi connectivity index (χ3n) is 3.15. The quantitative estimate of drug-likeness (QED) is 0.605. The zero-order chi connectivity index (χ0) is 13.7. The number of nitrogens with two attached hydrogens (primary N) is 1. The highest BCUT2D eigenvalue weighted by Gasteiger charge is 2.27. The fourth-order valence-corrected chi connectivity index (χ4v) is 2.08. The Morgan fingerprint density at radius 1 is 1.37 bits per heavy atom. The lowest BCUT2D eigenvalue weighted by atomic mass is 10.1. The van der Waals surface area contributed by atoms with Gasteiger partial charge in [0.2, 0.25) is 0 Å². The average Bonchev–Trinajstić information content (AvgIpc) is 2.93. The van der Waals surface area contributed by atoms with E-state index in [0.29, 0.717) is 12.8 Å². The molecule has 0 aromatic heterocycles. The predicted molar refractivity (Wildman–Crippen MR) is 70.2 cm³/mol. The Balaban J connectivity index is 1.83.